The first-order valence-corrected chi connectivity index (χ1v) is 8.24. The van der Waals surface area contributed by atoms with Gasteiger partial charge in [-0.15, -0.1) is 0 Å². The summed E-state index contributed by atoms with van der Waals surface area (Å²) in [6, 6.07) is 0.750. The summed E-state index contributed by atoms with van der Waals surface area (Å²) in [4.78, 5) is 22.5. The summed E-state index contributed by atoms with van der Waals surface area (Å²) in [5.41, 5.74) is 1.17. The van der Waals surface area contributed by atoms with Gasteiger partial charge in [-0.2, -0.15) is 23.1 Å². The first-order chi connectivity index (χ1) is 9.13. The van der Waals surface area contributed by atoms with Crippen molar-refractivity contribution in [2.75, 3.05) is 18.6 Å². The van der Waals surface area contributed by atoms with Gasteiger partial charge in [0.05, 0.1) is 0 Å². The Balaban J connectivity index is 2.25. The number of hydrogen-bond donors (Lipinski definition) is 3. The van der Waals surface area contributed by atoms with Crippen molar-refractivity contribution >= 4 is 35.1 Å². The van der Waals surface area contributed by atoms with Gasteiger partial charge in [-0.3, -0.25) is 0 Å². The minimum atomic E-state index is -0.998. The van der Waals surface area contributed by atoms with Gasteiger partial charge in [-0.05, 0) is 47.2 Å². The van der Waals surface area contributed by atoms with Crippen LogP contribution < -0.4 is 10.6 Å². The van der Waals surface area contributed by atoms with Crippen molar-refractivity contribution in [3.63, 3.8) is 0 Å². The molecule has 5 nitrogen and oxygen atoms in total. The monoisotopic (exact) mass is 302 g/mol. The summed E-state index contributed by atoms with van der Waals surface area (Å²) in [6.45, 7) is 0.497. The number of thiophene rings is 1. The lowest BCUT2D eigenvalue weighted by molar-refractivity contribution is -0.139. The van der Waals surface area contributed by atoms with Crippen molar-refractivity contribution in [2.45, 2.75) is 18.9 Å². The van der Waals surface area contributed by atoms with Gasteiger partial charge in [0.1, 0.15) is 6.04 Å². The molecule has 0 aromatic carbocycles. The Morgan fingerprint density at radius 2 is 2.32 bits per heavy atom. The van der Waals surface area contributed by atoms with Crippen LogP contribution in [0.5, 0.6) is 0 Å². The van der Waals surface area contributed by atoms with Gasteiger partial charge in [0, 0.05) is 6.54 Å². The number of carbonyl (C=O) groups is 2. The third-order valence-corrected chi connectivity index (χ3v) is 3.87. The van der Waals surface area contributed by atoms with Crippen molar-refractivity contribution in [1.29, 1.82) is 0 Å². The number of aliphatic carboxylic acids is 1. The second-order valence-corrected chi connectivity index (χ2v) is 5.72. The topological polar surface area (TPSA) is 78.4 Å². The maximum atomic E-state index is 11.6. The van der Waals surface area contributed by atoms with Crippen molar-refractivity contribution in [3.8, 4) is 0 Å². The maximum Gasteiger partial charge on any atom is 0.326 e. The van der Waals surface area contributed by atoms with E-state index in [0.29, 0.717) is 18.7 Å². The van der Waals surface area contributed by atoms with E-state index in [0.717, 1.165) is 6.42 Å². The van der Waals surface area contributed by atoms with Gasteiger partial charge in [-0.25, -0.2) is 9.59 Å². The lowest BCUT2D eigenvalue weighted by atomic mass is 10.2. The van der Waals surface area contributed by atoms with Crippen molar-refractivity contribution in [1.82, 2.24) is 10.6 Å². The fourth-order valence-electron chi connectivity index (χ4n) is 1.46. The Labute approximate surface area is 120 Å². The molecule has 1 atom stereocenters. The zero-order valence-corrected chi connectivity index (χ0v) is 12.4. The van der Waals surface area contributed by atoms with E-state index in [2.05, 4.69) is 10.6 Å². The zero-order valence-electron chi connectivity index (χ0n) is 10.7. The average Bonchev–Trinajstić information content (AvgIpc) is 2.87. The summed E-state index contributed by atoms with van der Waals surface area (Å²) in [7, 11) is 0. The molecule has 1 heterocycles. The van der Waals surface area contributed by atoms with E-state index >= 15 is 0 Å². The predicted octanol–water partition coefficient (Wildman–Crippen LogP) is 1.80. The molecule has 0 saturated carbocycles. The molecule has 0 aliphatic heterocycles. The number of rotatable bonds is 8. The van der Waals surface area contributed by atoms with Crippen LogP contribution in [0.1, 0.15) is 12.0 Å². The fourth-order valence-corrected chi connectivity index (χ4v) is 2.63. The molecule has 1 rings (SSSR count). The molecule has 106 valence electrons. The molecule has 0 radical (unpaired) electrons. The Kier molecular flexibility index (Phi) is 7.35. The van der Waals surface area contributed by atoms with Gasteiger partial charge in [0.2, 0.25) is 0 Å². The van der Waals surface area contributed by atoms with Gasteiger partial charge in [0.25, 0.3) is 0 Å². The Morgan fingerprint density at radius 3 is 2.89 bits per heavy atom. The van der Waals surface area contributed by atoms with E-state index in [9.17, 15) is 9.59 Å². The molecule has 19 heavy (non-hydrogen) atoms. The van der Waals surface area contributed by atoms with Gasteiger partial charge < -0.3 is 15.7 Å². The van der Waals surface area contributed by atoms with Crippen LogP contribution in [0, 0.1) is 0 Å². The quantitative estimate of drug-likeness (QED) is 0.684. The fraction of sp³-hybridized carbons (Fsp3) is 0.500. The molecule has 3 N–H and O–H groups in total. The van der Waals surface area contributed by atoms with Crippen molar-refractivity contribution in [3.05, 3.63) is 22.4 Å². The van der Waals surface area contributed by atoms with Gasteiger partial charge in [0.15, 0.2) is 0 Å². The highest BCUT2D eigenvalue weighted by Crippen LogP contribution is 2.05. The molecule has 0 unspecified atom stereocenters. The second-order valence-electron chi connectivity index (χ2n) is 3.95. The highest BCUT2D eigenvalue weighted by molar-refractivity contribution is 7.98. The Hall–Kier alpha value is -1.21. The van der Waals surface area contributed by atoms with Crippen molar-refractivity contribution in [2.24, 2.45) is 0 Å². The molecule has 1 aromatic heterocycles. The molecule has 0 spiro atoms. The first-order valence-electron chi connectivity index (χ1n) is 5.90. The highest BCUT2D eigenvalue weighted by Gasteiger charge is 2.18. The summed E-state index contributed by atoms with van der Waals surface area (Å²) >= 11 is 3.17. The molecular formula is C12H18N2O3S2. The standard InChI is InChI=1S/C12H18N2O3S2/c1-18-6-4-10(11(15)16)14-12(17)13-5-2-9-3-7-19-8-9/h3,7-8,10H,2,4-6H2,1H3,(H,15,16)(H2,13,14,17)/t10-/m1/s1. The molecule has 0 aliphatic rings. The SMILES string of the molecule is CSCC[C@@H](NC(=O)NCCc1ccsc1)C(=O)O. The number of thioether (sulfide) groups is 1. The third-order valence-electron chi connectivity index (χ3n) is 2.49. The van der Waals surface area contributed by atoms with Crippen LogP contribution in [0.15, 0.2) is 16.8 Å². The predicted molar refractivity (Wildman–Crippen MR) is 79.0 cm³/mol. The maximum absolute atomic E-state index is 11.6. The summed E-state index contributed by atoms with van der Waals surface area (Å²) in [5, 5.41) is 18.1. The minimum absolute atomic E-state index is 0.425. The van der Waals surface area contributed by atoms with Crippen LogP contribution in [0.2, 0.25) is 0 Å². The molecule has 0 saturated heterocycles. The van der Waals surface area contributed by atoms with E-state index in [1.54, 1.807) is 23.1 Å². The number of amides is 2. The number of carbonyl (C=O) groups excluding carboxylic acids is 1. The Bertz CT molecular complexity index is 396. The first kappa shape index (κ1) is 15.8. The van der Waals surface area contributed by atoms with Crippen LogP contribution in [0.3, 0.4) is 0 Å². The molecule has 2 amide bonds. The molecular weight excluding hydrogens is 284 g/mol. The van der Waals surface area contributed by atoms with Gasteiger partial charge in [-0.1, -0.05) is 0 Å². The van der Waals surface area contributed by atoms with Crippen LogP contribution in [0.4, 0.5) is 4.79 Å². The van der Waals surface area contributed by atoms with Crippen LogP contribution in [-0.2, 0) is 11.2 Å². The summed E-state index contributed by atoms with van der Waals surface area (Å²) < 4.78 is 0. The minimum Gasteiger partial charge on any atom is -0.480 e. The summed E-state index contributed by atoms with van der Waals surface area (Å²) in [5.74, 6) is -0.298. The molecule has 0 bridgehead atoms. The third kappa shape index (κ3) is 6.49. The van der Waals surface area contributed by atoms with Gasteiger partial charge >= 0.3 is 12.0 Å². The average molecular weight is 302 g/mol. The van der Waals surface area contributed by atoms with E-state index in [-0.39, 0.29) is 0 Å². The van der Waals surface area contributed by atoms with E-state index in [4.69, 9.17) is 5.11 Å². The van der Waals surface area contributed by atoms with E-state index in [1.165, 1.54) is 5.56 Å². The molecule has 1 aromatic rings. The van der Waals surface area contributed by atoms with Crippen LogP contribution in [-0.4, -0.2) is 41.7 Å². The zero-order chi connectivity index (χ0) is 14.1. The van der Waals surface area contributed by atoms with E-state index < -0.39 is 18.0 Å². The lowest BCUT2D eigenvalue weighted by Gasteiger charge is -2.14. The normalized spacial score (nSPS) is 11.8. The Morgan fingerprint density at radius 1 is 1.53 bits per heavy atom. The largest absolute Gasteiger partial charge is 0.480 e. The highest BCUT2D eigenvalue weighted by atomic mass is 32.2. The smallest absolute Gasteiger partial charge is 0.326 e. The number of carboxylic acids is 1. The number of hydrogen-bond acceptors (Lipinski definition) is 4. The lowest BCUT2D eigenvalue weighted by Crippen LogP contribution is -2.46. The molecule has 0 aliphatic carbocycles. The summed E-state index contributed by atoms with van der Waals surface area (Å²) in [6.07, 6.45) is 3.08. The van der Waals surface area contributed by atoms with Crippen molar-refractivity contribution < 1.29 is 14.7 Å². The number of urea groups is 1. The molecule has 7 heteroatoms. The van der Waals surface area contributed by atoms with Crippen LogP contribution in [0.25, 0.3) is 0 Å². The number of carboxylic acid groups (broad SMARTS) is 1. The second kappa shape index (κ2) is 8.82. The molecule has 0 fully saturated rings. The number of nitrogens with one attached hydrogen (secondary N) is 2. The van der Waals surface area contributed by atoms with E-state index in [1.807, 2.05) is 23.1 Å². The van der Waals surface area contributed by atoms with Crippen LogP contribution >= 0.6 is 23.1 Å².